The summed E-state index contributed by atoms with van der Waals surface area (Å²) in [6.07, 6.45) is 4.78. The third-order valence-electron chi connectivity index (χ3n) is 6.36. The van der Waals surface area contributed by atoms with E-state index in [4.69, 9.17) is 9.40 Å². The van der Waals surface area contributed by atoms with Crippen molar-refractivity contribution in [2.45, 2.75) is 19.8 Å². The number of benzene rings is 2. The van der Waals surface area contributed by atoms with Crippen molar-refractivity contribution in [3.8, 4) is 33.7 Å². The number of piperidine rings is 1. The number of carbonyl (C=O) groups is 1. The van der Waals surface area contributed by atoms with Gasteiger partial charge < -0.3 is 14.4 Å². The molecule has 1 fully saturated rings. The van der Waals surface area contributed by atoms with Crippen LogP contribution < -0.4 is 4.90 Å². The summed E-state index contributed by atoms with van der Waals surface area (Å²) >= 11 is 0. The average molecular weight is 458 g/mol. The van der Waals surface area contributed by atoms with E-state index in [0.29, 0.717) is 37.0 Å². The minimum absolute atomic E-state index is 0.270. The van der Waals surface area contributed by atoms with Gasteiger partial charge >= 0.3 is 5.97 Å². The van der Waals surface area contributed by atoms with Crippen LogP contribution in [-0.2, 0) is 4.79 Å². The molecule has 0 radical (unpaired) electrons. The molecule has 1 aliphatic rings. The molecule has 34 heavy (non-hydrogen) atoms. The summed E-state index contributed by atoms with van der Waals surface area (Å²) in [7, 11) is 0. The van der Waals surface area contributed by atoms with Gasteiger partial charge in [-0.05, 0) is 55.2 Å². The zero-order chi connectivity index (χ0) is 23.7. The Morgan fingerprint density at radius 1 is 1.03 bits per heavy atom. The second-order valence-corrected chi connectivity index (χ2v) is 8.89. The number of halogens is 1. The normalized spacial score (nSPS) is 18.1. The lowest BCUT2D eigenvalue weighted by molar-refractivity contribution is -0.148. The molecule has 172 valence electrons. The van der Waals surface area contributed by atoms with Crippen molar-refractivity contribution in [3.05, 3.63) is 78.9 Å². The Balaban J connectivity index is 1.53. The van der Waals surface area contributed by atoms with Crippen LogP contribution >= 0.6 is 0 Å². The number of hydrogen-bond donors (Lipinski definition) is 1. The maximum atomic E-state index is 13.3. The number of carboxylic acids is 1. The maximum absolute atomic E-state index is 13.3. The largest absolute Gasteiger partial charge is 0.481 e. The number of aliphatic carboxylic acids is 1. The highest BCUT2D eigenvalue weighted by Crippen LogP contribution is 2.39. The van der Waals surface area contributed by atoms with Crippen LogP contribution in [0.4, 0.5) is 10.4 Å². The molecule has 0 bridgehead atoms. The molecule has 7 heteroatoms. The quantitative estimate of drug-likeness (QED) is 0.402. The molecule has 6 nitrogen and oxygen atoms in total. The van der Waals surface area contributed by atoms with Crippen LogP contribution in [0.5, 0.6) is 0 Å². The van der Waals surface area contributed by atoms with Crippen molar-refractivity contribution in [2.24, 2.45) is 5.41 Å². The van der Waals surface area contributed by atoms with Gasteiger partial charge in [-0.3, -0.25) is 9.78 Å². The molecular formula is C27H24FN3O3. The molecule has 5 rings (SSSR count). The van der Waals surface area contributed by atoms with Crippen molar-refractivity contribution in [1.82, 2.24) is 9.97 Å². The highest BCUT2D eigenvalue weighted by molar-refractivity contribution is 5.80. The van der Waals surface area contributed by atoms with E-state index in [2.05, 4.69) is 4.98 Å². The summed E-state index contributed by atoms with van der Waals surface area (Å²) in [4.78, 5) is 22.8. The minimum atomic E-state index is -0.849. The summed E-state index contributed by atoms with van der Waals surface area (Å²) in [5.74, 6) is -0.499. The molecule has 2 aromatic heterocycles. The second-order valence-electron chi connectivity index (χ2n) is 8.89. The topological polar surface area (TPSA) is 79.5 Å². The molecule has 0 saturated carbocycles. The number of oxazole rings is 1. The molecule has 4 aromatic rings. The van der Waals surface area contributed by atoms with Crippen molar-refractivity contribution < 1.29 is 18.7 Å². The van der Waals surface area contributed by atoms with E-state index < -0.39 is 11.4 Å². The molecule has 3 heterocycles. The van der Waals surface area contributed by atoms with Crippen molar-refractivity contribution in [3.63, 3.8) is 0 Å². The molecule has 1 N–H and O–H groups in total. The molecule has 1 aliphatic heterocycles. The summed E-state index contributed by atoms with van der Waals surface area (Å²) < 4.78 is 19.5. The van der Waals surface area contributed by atoms with Crippen LogP contribution in [0.1, 0.15) is 19.8 Å². The summed E-state index contributed by atoms with van der Waals surface area (Å²) in [6, 6.07) is 18.4. The lowest BCUT2D eigenvalue weighted by Gasteiger charge is -2.36. The molecule has 0 spiro atoms. The predicted molar refractivity (Wildman–Crippen MR) is 128 cm³/mol. The fourth-order valence-corrected chi connectivity index (χ4v) is 4.37. The molecular weight excluding hydrogens is 433 g/mol. The monoisotopic (exact) mass is 457 g/mol. The number of nitrogens with zero attached hydrogens (tertiary/aromatic N) is 3. The lowest BCUT2D eigenvalue weighted by atomic mass is 9.82. The number of pyridine rings is 1. The average Bonchev–Trinajstić information content (AvgIpc) is 3.31. The Kier molecular flexibility index (Phi) is 5.61. The number of carboxylic acid groups (broad SMARTS) is 1. The van der Waals surface area contributed by atoms with Gasteiger partial charge in [0.2, 0.25) is 0 Å². The fraction of sp³-hybridized carbons (Fsp3) is 0.222. The summed E-state index contributed by atoms with van der Waals surface area (Å²) in [5, 5.41) is 9.71. The smallest absolute Gasteiger partial charge is 0.311 e. The first-order valence-corrected chi connectivity index (χ1v) is 11.2. The molecule has 1 unspecified atom stereocenters. The Morgan fingerprint density at radius 3 is 2.35 bits per heavy atom. The molecule has 0 aliphatic carbocycles. The third-order valence-corrected chi connectivity index (χ3v) is 6.36. The number of hydrogen-bond acceptors (Lipinski definition) is 5. The number of aromatic nitrogens is 2. The van der Waals surface area contributed by atoms with Gasteiger partial charge in [0.15, 0.2) is 5.76 Å². The predicted octanol–water partition coefficient (Wildman–Crippen LogP) is 5.90. The SMILES string of the molecule is CC1(C(=O)O)CCCN(c2nc(-c3ccc(-c4ccc(F)cc4)cc3)c(-c3cccnc3)o2)C1. The first-order valence-electron chi connectivity index (χ1n) is 11.2. The zero-order valence-electron chi connectivity index (χ0n) is 18.7. The van der Waals surface area contributed by atoms with Gasteiger partial charge in [0.1, 0.15) is 11.5 Å². The van der Waals surface area contributed by atoms with Gasteiger partial charge in [-0.1, -0.05) is 36.4 Å². The van der Waals surface area contributed by atoms with Crippen LogP contribution in [0.25, 0.3) is 33.7 Å². The first kappa shape index (κ1) is 21.8. The van der Waals surface area contributed by atoms with E-state index >= 15 is 0 Å². The minimum Gasteiger partial charge on any atom is -0.481 e. The Labute approximate surface area is 196 Å². The standard InChI is InChI=1S/C27H24FN3O3/c1-27(25(32)33)13-3-15-31(17-27)26-30-23(24(34-26)21-4-2-14-29-16-21)20-7-5-18(6-8-20)19-9-11-22(28)12-10-19/h2,4-12,14,16H,3,13,15,17H2,1H3,(H,32,33). The van der Waals surface area contributed by atoms with Gasteiger partial charge in [-0.15, -0.1) is 0 Å². The van der Waals surface area contributed by atoms with Gasteiger partial charge in [0, 0.05) is 36.6 Å². The lowest BCUT2D eigenvalue weighted by Crippen LogP contribution is -2.46. The second kappa shape index (κ2) is 8.74. The zero-order valence-corrected chi connectivity index (χ0v) is 18.7. The van der Waals surface area contributed by atoms with Gasteiger partial charge in [-0.25, -0.2) is 4.39 Å². The molecule has 1 saturated heterocycles. The third kappa shape index (κ3) is 4.17. The van der Waals surface area contributed by atoms with Crippen LogP contribution in [-0.4, -0.2) is 34.1 Å². The van der Waals surface area contributed by atoms with E-state index in [1.54, 1.807) is 31.5 Å². The Hall–Kier alpha value is -4.00. The molecule has 2 aromatic carbocycles. The van der Waals surface area contributed by atoms with Crippen LogP contribution in [0.2, 0.25) is 0 Å². The summed E-state index contributed by atoms with van der Waals surface area (Å²) in [5.41, 5.74) is 3.34. The van der Waals surface area contributed by atoms with Crippen molar-refractivity contribution in [1.29, 1.82) is 0 Å². The summed E-state index contributed by atoms with van der Waals surface area (Å²) in [6.45, 7) is 2.78. The maximum Gasteiger partial charge on any atom is 0.311 e. The molecule has 1 atom stereocenters. The highest BCUT2D eigenvalue weighted by atomic mass is 19.1. The van der Waals surface area contributed by atoms with E-state index in [1.165, 1.54) is 12.1 Å². The number of anilines is 1. The number of rotatable bonds is 5. The van der Waals surface area contributed by atoms with E-state index in [9.17, 15) is 14.3 Å². The van der Waals surface area contributed by atoms with Crippen LogP contribution in [0.15, 0.2) is 77.5 Å². The van der Waals surface area contributed by atoms with E-state index in [1.807, 2.05) is 41.3 Å². The van der Waals surface area contributed by atoms with Gasteiger partial charge in [-0.2, -0.15) is 4.98 Å². The van der Waals surface area contributed by atoms with Crippen LogP contribution in [0, 0.1) is 11.2 Å². The highest BCUT2D eigenvalue weighted by Gasteiger charge is 2.39. The van der Waals surface area contributed by atoms with E-state index in [0.717, 1.165) is 28.7 Å². The molecule has 0 amide bonds. The van der Waals surface area contributed by atoms with Crippen LogP contribution in [0.3, 0.4) is 0 Å². The van der Waals surface area contributed by atoms with Crippen molar-refractivity contribution >= 4 is 12.0 Å². The van der Waals surface area contributed by atoms with Gasteiger partial charge in [0.25, 0.3) is 6.01 Å². The first-order chi connectivity index (χ1) is 16.4. The van der Waals surface area contributed by atoms with E-state index in [-0.39, 0.29) is 5.82 Å². The Bertz CT molecular complexity index is 1300. The van der Waals surface area contributed by atoms with Gasteiger partial charge in [0.05, 0.1) is 5.41 Å². The fourth-order valence-electron chi connectivity index (χ4n) is 4.37. The van der Waals surface area contributed by atoms with Crippen molar-refractivity contribution in [2.75, 3.05) is 18.0 Å². The Morgan fingerprint density at radius 2 is 1.71 bits per heavy atom.